The number of hydrogen-bond donors (Lipinski definition) is 2. The van der Waals surface area contributed by atoms with Gasteiger partial charge in [-0.15, -0.1) is 0 Å². The third-order valence-corrected chi connectivity index (χ3v) is 4.31. The molecule has 1 aromatic carbocycles. The highest BCUT2D eigenvalue weighted by atomic mass is 16.5. The molecule has 2 aromatic rings. The molecule has 25 heavy (non-hydrogen) atoms. The van der Waals surface area contributed by atoms with Gasteiger partial charge in [-0.3, -0.25) is 9.59 Å². The molecular formula is C18H21N3O4. The van der Waals surface area contributed by atoms with Crippen molar-refractivity contribution < 1.29 is 14.6 Å². The van der Waals surface area contributed by atoms with E-state index in [0.29, 0.717) is 36.8 Å². The summed E-state index contributed by atoms with van der Waals surface area (Å²) >= 11 is 0. The number of carbonyl (C=O) groups excluding carboxylic acids is 1. The maximum absolute atomic E-state index is 12.7. The van der Waals surface area contributed by atoms with Crippen molar-refractivity contribution in [1.82, 2.24) is 14.9 Å². The van der Waals surface area contributed by atoms with Crippen LogP contribution in [0.15, 0.2) is 23.0 Å². The van der Waals surface area contributed by atoms with Crippen LogP contribution in [0.4, 0.5) is 0 Å². The first-order chi connectivity index (χ1) is 12.0. The van der Waals surface area contributed by atoms with Gasteiger partial charge in [-0.1, -0.05) is 6.07 Å². The number of aliphatic hydroxyl groups excluding tert-OH is 1. The van der Waals surface area contributed by atoms with Gasteiger partial charge in [0.2, 0.25) is 5.91 Å². The molecule has 132 valence electrons. The van der Waals surface area contributed by atoms with Gasteiger partial charge in [0.1, 0.15) is 18.2 Å². The Kier molecular flexibility index (Phi) is 4.85. The van der Waals surface area contributed by atoms with Crippen molar-refractivity contribution in [2.75, 3.05) is 13.2 Å². The van der Waals surface area contributed by atoms with Crippen molar-refractivity contribution in [3.05, 3.63) is 56.8 Å². The second kappa shape index (κ2) is 7.06. The zero-order chi connectivity index (χ0) is 18.0. The quantitative estimate of drug-likeness (QED) is 0.861. The van der Waals surface area contributed by atoms with Crippen LogP contribution in [0.5, 0.6) is 5.75 Å². The van der Waals surface area contributed by atoms with Gasteiger partial charge in [-0.2, -0.15) is 0 Å². The molecule has 2 heterocycles. The summed E-state index contributed by atoms with van der Waals surface area (Å²) in [5.41, 5.74) is 2.32. The highest BCUT2D eigenvalue weighted by Gasteiger charge is 2.22. The molecule has 0 bridgehead atoms. The van der Waals surface area contributed by atoms with Gasteiger partial charge in [0.05, 0.1) is 19.6 Å². The van der Waals surface area contributed by atoms with Crippen LogP contribution in [0.1, 0.15) is 28.2 Å². The molecule has 2 N–H and O–H groups in total. The molecule has 1 aliphatic rings. The predicted octanol–water partition coefficient (Wildman–Crippen LogP) is 0.843. The molecule has 0 aliphatic carbocycles. The number of benzene rings is 1. The second-order valence-electron chi connectivity index (χ2n) is 6.16. The zero-order valence-electron chi connectivity index (χ0n) is 14.3. The summed E-state index contributed by atoms with van der Waals surface area (Å²) < 4.78 is 5.69. The smallest absolute Gasteiger partial charge is 0.254 e. The Morgan fingerprint density at radius 3 is 2.92 bits per heavy atom. The van der Waals surface area contributed by atoms with E-state index in [1.165, 1.54) is 0 Å². The summed E-state index contributed by atoms with van der Waals surface area (Å²) in [6, 6.07) is 5.46. The Labute approximate surface area is 145 Å². The fourth-order valence-electron chi connectivity index (χ4n) is 2.98. The summed E-state index contributed by atoms with van der Waals surface area (Å²) in [6.07, 6.45) is 0.00344. The van der Waals surface area contributed by atoms with Crippen molar-refractivity contribution in [2.45, 2.75) is 33.4 Å². The molecule has 7 heteroatoms. The number of hydrogen-bond acceptors (Lipinski definition) is 5. The van der Waals surface area contributed by atoms with Gasteiger partial charge in [-0.25, -0.2) is 4.98 Å². The highest BCUT2D eigenvalue weighted by Crippen LogP contribution is 2.24. The monoisotopic (exact) mass is 343 g/mol. The van der Waals surface area contributed by atoms with E-state index in [9.17, 15) is 14.7 Å². The first-order valence-corrected chi connectivity index (χ1v) is 8.17. The van der Waals surface area contributed by atoms with E-state index >= 15 is 0 Å². The summed E-state index contributed by atoms with van der Waals surface area (Å²) in [4.78, 5) is 33.4. The van der Waals surface area contributed by atoms with Crippen molar-refractivity contribution in [3.8, 4) is 5.75 Å². The average Bonchev–Trinajstić information content (AvgIpc) is 2.79. The third-order valence-electron chi connectivity index (χ3n) is 4.31. The van der Waals surface area contributed by atoms with Crippen LogP contribution in [0, 0.1) is 13.8 Å². The molecule has 0 saturated heterocycles. The van der Waals surface area contributed by atoms with Crippen LogP contribution < -0.4 is 10.3 Å². The molecule has 0 radical (unpaired) electrons. The lowest BCUT2D eigenvalue weighted by Gasteiger charge is -2.20. The molecule has 0 atom stereocenters. The maximum Gasteiger partial charge on any atom is 0.254 e. The largest absolute Gasteiger partial charge is 0.491 e. The lowest BCUT2D eigenvalue weighted by atomic mass is 10.1. The van der Waals surface area contributed by atoms with Gasteiger partial charge in [0.25, 0.3) is 5.56 Å². The minimum absolute atomic E-state index is 0.00344. The Balaban J connectivity index is 1.82. The maximum atomic E-state index is 12.7. The molecular weight excluding hydrogens is 322 g/mol. The number of rotatable bonds is 3. The minimum Gasteiger partial charge on any atom is -0.491 e. The summed E-state index contributed by atoms with van der Waals surface area (Å²) in [7, 11) is 0. The number of aryl methyl sites for hydroxylation is 2. The van der Waals surface area contributed by atoms with Gasteiger partial charge in [-0.05, 0) is 31.5 Å². The Morgan fingerprint density at radius 1 is 1.40 bits per heavy atom. The first-order valence-electron chi connectivity index (χ1n) is 8.17. The molecule has 1 aliphatic heterocycles. The molecule has 7 nitrogen and oxygen atoms in total. The van der Waals surface area contributed by atoms with Crippen LogP contribution in [0.3, 0.4) is 0 Å². The van der Waals surface area contributed by atoms with E-state index in [-0.39, 0.29) is 24.5 Å². The number of amides is 1. The Hall–Kier alpha value is -2.67. The molecule has 0 unspecified atom stereocenters. The van der Waals surface area contributed by atoms with Crippen LogP contribution in [-0.4, -0.2) is 39.0 Å². The topological polar surface area (TPSA) is 95.5 Å². The molecule has 1 amide bonds. The van der Waals surface area contributed by atoms with E-state index in [1.54, 1.807) is 24.8 Å². The average molecular weight is 343 g/mol. The zero-order valence-corrected chi connectivity index (χ0v) is 14.3. The number of aromatic nitrogens is 2. The third kappa shape index (κ3) is 3.71. The molecule has 0 fully saturated rings. The van der Waals surface area contributed by atoms with Crippen LogP contribution in [0.2, 0.25) is 0 Å². The SMILES string of the molecule is Cc1nc(C)c(CC(=O)N2CCOc3ccc(CO)cc3C2)c(=O)[nH]1. The van der Waals surface area contributed by atoms with E-state index < -0.39 is 0 Å². The van der Waals surface area contributed by atoms with Crippen molar-refractivity contribution in [1.29, 1.82) is 0 Å². The lowest BCUT2D eigenvalue weighted by molar-refractivity contribution is -0.131. The number of fused-ring (bicyclic) bond motifs is 1. The van der Waals surface area contributed by atoms with Crippen molar-refractivity contribution in [2.24, 2.45) is 0 Å². The fraction of sp³-hybridized carbons (Fsp3) is 0.389. The number of carbonyl (C=O) groups is 1. The van der Waals surface area contributed by atoms with Crippen LogP contribution in [-0.2, 0) is 24.4 Å². The molecule has 0 saturated carbocycles. The molecule has 3 rings (SSSR count). The van der Waals surface area contributed by atoms with E-state index in [0.717, 1.165) is 16.9 Å². The highest BCUT2D eigenvalue weighted by molar-refractivity contribution is 5.79. The predicted molar refractivity (Wildman–Crippen MR) is 91.3 cm³/mol. The molecule has 1 aromatic heterocycles. The van der Waals surface area contributed by atoms with E-state index in [4.69, 9.17) is 4.74 Å². The number of ether oxygens (including phenoxy) is 1. The van der Waals surface area contributed by atoms with Crippen molar-refractivity contribution in [3.63, 3.8) is 0 Å². The molecule has 0 spiro atoms. The lowest BCUT2D eigenvalue weighted by Crippen LogP contribution is -2.35. The number of aromatic amines is 1. The van der Waals surface area contributed by atoms with E-state index in [1.807, 2.05) is 12.1 Å². The normalized spacial score (nSPS) is 13.8. The van der Waals surface area contributed by atoms with Gasteiger partial charge in [0.15, 0.2) is 0 Å². The number of aliphatic hydroxyl groups is 1. The van der Waals surface area contributed by atoms with Crippen LogP contribution in [0.25, 0.3) is 0 Å². The minimum atomic E-state index is -0.271. The Bertz CT molecular complexity index is 860. The number of H-pyrrole nitrogens is 1. The summed E-state index contributed by atoms with van der Waals surface area (Å²) in [5, 5.41) is 9.30. The number of nitrogens with zero attached hydrogens (tertiary/aromatic N) is 2. The van der Waals surface area contributed by atoms with Gasteiger partial charge >= 0.3 is 0 Å². The standard InChI is InChI=1S/C18H21N3O4/c1-11-15(18(24)20-12(2)19-11)8-17(23)21-5-6-25-16-4-3-13(10-22)7-14(16)9-21/h3-4,7,22H,5-6,8-10H2,1-2H3,(H,19,20,24). The fourth-order valence-corrected chi connectivity index (χ4v) is 2.98. The first kappa shape index (κ1) is 17.2. The second-order valence-corrected chi connectivity index (χ2v) is 6.16. The summed E-state index contributed by atoms with van der Waals surface area (Å²) in [5.74, 6) is 1.11. The summed E-state index contributed by atoms with van der Waals surface area (Å²) in [6.45, 7) is 4.60. The van der Waals surface area contributed by atoms with Crippen LogP contribution >= 0.6 is 0 Å². The van der Waals surface area contributed by atoms with Gasteiger partial charge in [0, 0.05) is 23.4 Å². The Morgan fingerprint density at radius 2 is 2.20 bits per heavy atom. The number of nitrogens with one attached hydrogen (secondary N) is 1. The van der Waals surface area contributed by atoms with E-state index in [2.05, 4.69) is 9.97 Å². The van der Waals surface area contributed by atoms with Gasteiger partial charge < -0.3 is 19.7 Å². The van der Waals surface area contributed by atoms with Crippen molar-refractivity contribution >= 4 is 5.91 Å².